The molecule has 1 saturated carbocycles. The number of ether oxygens (including phenoxy) is 1. The molecule has 20 heavy (non-hydrogen) atoms. The number of nitrogens with zero attached hydrogens (tertiary/aromatic N) is 2. The van der Waals surface area contributed by atoms with E-state index in [2.05, 4.69) is 15.3 Å². The van der Waals surface area contributed by atoms with Crippen molar-refractivity contribution in [1.29, 1.82) is 0 Å². The normalized spacial score (nSPS) is 14.3. The van der Waals surface area contributed by atoms with Gasteiger partial charge in [0, 0.05) is 36.6 Å². The van der Waals surface area contributed by atoms with E-state index in [0.717, 1.165) is 12.1 Å². The molecule has 4 nitrogen and oxygen atoms in total. The second kappa shape index (κ2) is 5.95. The Labute approximate surface area is 127 Å². The van der Waals surface area contributed by atoms with E-state index in [9.17, 15) is 0 Å². The maximum atomic E-state index is 5.92. The third kappa shape index (κ3) is 3.60. The van der Waals surface area contributed by atoms with Crippen molar-refractivity contribution in [3.63, 3.8) is 0 Å². The number of hydrogen-bond acceptors (Lipinski definition) is 4. The summed E-state index contributed by atoms with van der Waals surface area (Å²) in [6, 6.07) is 5.99. The summed E-state index contributed by atoms with van der Waals surface area (Å²) < 4.78 is 5.52. The van der Waals surface area contributed by atoms with E-state index in [1.165, 1.54) is 12.8 Å². The van der Waals surface area contributed by atoms with E-state index >= 15 is 0 Å². The molecule has 1 aliphatic rings. The SMILES string of the molecule is Clc1ccc(Oc2ncc(CNC3CC3)cn2)cc1Cl. The highest BCUT2D eigenvalue weighted by molar-refractivity contribution is 6.42. The fourth-order valence-corrected chi connectivity index (χ4v) is 1.97. The van der Waals surface area contributed by atoms with Crippen LogP contribution in [0.2, 0.25) is 10.0 Å². The van der Waals surface area contributed by atoms with E-state index < -0.39 is 0 Å². The van der Waals surface area contributed by atoms with Gasteiger partial charge >= 0.3 is 6.01 Å². The first kappa shape index (κ1) is 13.6. The van der Waals surface area contributed by atoms with Gasteiger partial charge in [-0.15, -0.1) is 0 Å². The van der Waals surface area contributed by atoms with Crippen LogP contribution in [0.15, 0.2) is 30.6 Å². The maximum Gasteiger partial charge on any atom is 0.321 e. The van der Waals surface area contributed by atoms with Crippen LogP contribution in [0.3, 0.4) is 0 Å². The van der Waals surface area contributed by atoms with Crippen LogP contribution in [-0.2, 0) is 6.54 Å². The Kier molecular flexibility index (Phi) is 4.05. The average Bonchev–Trinajstić information content (AvgIpc) is 3.26. The summed E-state index contributed by atoms with van der Waals surface area (Å²) >= 11 is 11.8. The molecule has 0 saturated heterocycles. The fourth-order valence-electron chi connectivity index (χ4n) is 1.68. The Bertz CT molecular complexity index is 600. The second-order valence-electron chi connectivity index (χ2n) is 4.71. The Balaban J connectivity index is 1.62. The molecule has 2 aromatic rings. The highest BCUT2D eigenvalue weighted by Gasteiger charge is 2.19. The van der Waals surface area contributed by atoms with Crippen LogP contribution in [0.4, 0.5) is 0 Å². The minimum atomic E-state index is 0.290. The minimum Gasteiger partial charge on any atom is -0.424 e. The standard InChI is InChI=1S/C14H13Cl2N3O/c15-12-4-3-11(5-13(12)16)20-14-18-7-9(8-19-14)6-17-10-1-2-10/h3-5,7-8,10,17H,1-2,6H2. The molecule has 1 N–H and O–H groups in total. The molecular weight excluding hydrogens is 297 g/mol. The molecular formula is C14H13Cl2N3O. The van der Waals surface area contributed by atoms with Crippen LogP contribution in [0, 0.1) is 0 Å². The molecule has 0 amide bonds. The number of halogens is 2. The largest absolute Gasteiger partial charge is 0.424 e. The van der Waals surface area contributed by atoms with Gasteiger partial charge in [0.05, 0.1) is 10.0 Å². The monoisotopic (exact) mass is 309 g/mol. The van der Waals surface area contributed by atoms with Gasteiger partial charge in [-0.05, 0) is 25.0 Å². The zero-order valence-electron chi connectivity index (χ0n) is 10.6. The predicted octanol–water partition coefficient (Wildman–Crippen LogP) is 3.83. The molecule has 0 radical (unpaired) electrons. The fraction of sp³-hybridized carbons (Fsp3) is 0.286. The van der Waals surface area contributed by atoms with Gasteiger partial charge in [0.2, 0.25) is 0 Å². The lowest BCUT2D eigenvalue weighted by Gasteiger charge is -2.06. The highest BCUT2D eigenvalue weighted by Crippen LogP contribution is 2.28. The molecule has 1 heterocycles. The van der Waals surface area contributed by atoms with E-state index in [0.29, 0.717) is 27.8 Å². The van der Waals surface area contributed by atoms with Gasteiger partial charge in [0.25, 0.3) is 0 Å². The smallest absolute Gasteiger partial charge is 0.321 e. The van der Waals surface area contributed by atoms with Gasteiger partial charge < -0.3 is 10.1 Å². The number of benzene rings is 1. The lowest BCUT2D eigenvalue weighted by atomic mass is 10.3. The molecule has 104 valence electrons. The molecule has 3 rings (SSSR count). The average molecular weight is 310 g/mol. The summed E-state index contributed by atoms with van der Waals surface area (Å²) in [5, 5.41) is 4.33. The second-order valence-corrected chi connectivity index (χ2v) is 5.52. The van der Waals surface area contributed by atoms with Gasteiger partial charge in [-0.25, -0.2) is 9.97 Å². The van der Waals surface area contributed by atoms with Crippen molar-refractivity contribution in [2.45, 2.75) is 25.4 Å². The molecule has 0 spiro atoms. The lowest BCUT2D eigenvalue weighted by molar-refractivity contribution is 0.440. The van der Waals surface area contributed by atoms with Gasteiger partial charge in [0.1, 0.15) is 5.75 Å². The van der Waals surface area contributed by atoms with Crippen LogP contribution in [0.1, 0.15) is 18.4 Å². The van der Waals surface area contributed by atoms with Crippen molar-refractivity contribution >= 4 is 23.2 Å². The zero-order valence-corrected chi connectivity index (χ0v) is 12.2. The zero-order chi connectivity index (χ0) is 13.9. The van der Waals surface area contributed by atoms with Gasteiger partial charge in [-0.3, -0.25) is 0 Å². The van der Waals surface area contributed by atoms with E-state index in [1.807, 2.05) is 0 Å². The van der Waals surface area contributed by atoms with Crippen molar-refractivity contribution in [1.82, 2.24) is 15.3 Å². The van der Waals surface area contributed by atoms with Gasteiger partial charge in [-0.2, -0.15) is 0 Å². The maximum absolute atomic E-state index is 5.92. The first-order valence-corrected chi connectivity index (χ1v) is 7.13. The Morgan fingerprint density at radius 3 is 2.55 bits per heavy atom. The molecule has 0 aliphatic heterocycles. The van der Waals surface area contributed by atoms with E-state index in [1.54, 1.807) is 30.6 Å². The molecule has 1 fully saturated rings. The summed E-state index contributed by atoms with van der Waals surface area (Å²) in [5.74, 6) is 0.559. The van der Waals surface area contributed by atoms with E-state index in [4.69, 9.17) is 27.9 Å². The van der Waals surface area contributed by atoms with E-state index in [-0.39, 0.29) is 0 Å². The predicted molar refractivity (Wildman–Crippen MR) is 78.4 cm³/mol. The summed E-state index contributed by atoms with van der Waals surface area (Å²) in [7, 11) is 0. The van der Waals surface area contributed by atoms with Gasteiger partial charge in [0.15, 0.2) is 0 Å². The molecule has 1 aliphatic carbocycles. The molecule has 0 atom stereocenters. The molecule has 6 heteroatoms. The number of aromatic nitrogens is 2. The first-order chi connectivity index (χ1) is 9.70. The summed E-state index contributed by atoms with van der Waals surface area (Å²) in [6.45, 7) is 0.789. The summed E-state index contributed by atoms with van der Waals surface area (Å²) in [5.41, 5.74) is 1.04. The Morgan fingerprint density at radius 1 is 1.15 bits per heavy atom. The Hall–Kier alpha value is -1.36. The van der Waals surface area contributed by atoms with Crippen LogP contribution < -0.4 is 10.1 Å². The van der Waals surface area contributed by atoms with Crippen molar-refractivity contribution in [2.24, 2.45) is 0 Å². The quantitative estimate of drug-likeness (QED) is 0.912. The first-order valence-electron chi connectivity index (χ1n) is 6.38. The third-order valence-electron chi connectivity index (χ3n) is 2.95. The molecule has 0 bridgehead atoms. The van der Waals surface area contributed by atoms with Crippen LogP contribution >= 0.6 is 23.2 Å². The summed E-state index contributed by atoms with van der Waals surface area (Å²) in [4.78, 5) is 8.35. The van der Waals surface area contributed by atoms with Crippen molar-refractivity contribution in [3.05, 3.63) is 46.2 Å². The third-order valence-corrected chi connectivity index (χ3v) is 3.69. The van der Waals surface area contributed by atoms with Crippen LogP contribution in [0.5, 0.6) is 11.8 Å². The van der Waals surface area contributed by atoms with Crippen LogP contribution in [-0.4, -0.2) is 16.0 Å². The van der Waals surface area contributed by atoms with Crippen molar-refractivity contribution in [3.8, 4) is 11.8 Å². The molecule has 1 aromatic heterocycles. The number of hydrogen-bond donors (Lipinski definition) is 1. The number of nitrogens with one attached hydrogen (secondary N) is 1. The summed E-state index contributed by atoms with van der Waals surface area (Å²) in [6.07, 6.45) is 6.04. The highest BCUT2D eigenvalue weighted by atomic mass is 35.5. The van der Waals surface area contributed by atoms with Crippen molar-refractivity contribution in [2.75, 3.05) is 0 Å². The van der Waals surface area contributed by atoms with Crippen LogP contribution in [0.25, 0.3) is 0 Å². The molecule has 0 unspecified atom stereocenters. The Morgan fingerprint density at radius 2 is 1.90 bits per heavy atom. The van der Waals surface area contributed by atoms with Gasteiger partial charge in [-0.1, -0.05) is 23.2 Å². The topological polar surface area (TPSA) is 47.0 Å². The number of rotatable bonds is 5. The minimum absolute atomic E-state index is 0.290. The molecule has 1 aromatic carbocycles. The van der Waals surface area contributed by atoms with Crippen molar-refractivity contribution < 1.29 is 4.74 Å². The lowest BCUT2D eigenvalue weighted by Crippen LogP contribution is -2.15.